The molecule has 0 saturated heterocycles. The lowest BCUT2D eigenvalue weighted by atomic mass is 10.3. The monoisotopic (exact) mass is 489 g/mol. The van der Waals surface area contributed by atoms with Crippen molar-refractivity contribution in [3.8, 4) is 17.4 Å². The van der Waals surface area contributed by atoms with Gasteiger partial charge in [0.05, 0.1) is 15.6 Å². The lowest BCUT2D eigenvalue weighted by molar-refractivity contribution is -0.00325. The molecule has 0 aliphatic carbocycles. The first-order chi connectivity index (χ1) is 13.6. The van der Waals surface area contributed by atoms with Crippen LogP contribution in [0.1, 0.15) is 25.8 Å². The highest BCUT2D eigenvalue weighted by Gasteiger charge is 2.23. The SMILES string of the molecule is CCC(Oc1ccc(Cl)c(Cl)c1O/C(Cl)=C(\C)Cl)Oc1nc(F)c(F)c(F)c1C. The standard InChI is InChI=1S/C18H14Cl4F3NO3/c1-4-11(28-18-7(2)13(23)14(24)17(25)26-18)27-10-6-5-9(20)12(21)15(10)29-16(22)8(3)19/h5-6,11H,4H2,1-3H3/b16-8+. The number of nitrogens with zero attached hydrogens (tertiary/aromatic N) is 1. The highest BCUT2D eigenvalue weighted by molar-refractivity contribution is 6.43. The van der Waals surface area contributed by atoms with E-state index < -0.39 is 29.8 Å². The first kappa shape index (κ1) is 23.7. The molecular weight excluding hydrogens is 477 g/mol. The van der Waals surface area contributed by atoms with Crippen LogP contribution in [0.3, 0.4) is 0 Å². The second-order valence-corrected chi connectivity index (χ2v) is 7.33. The normalized spacial score (nSPS) is 13.0. The summed E-state index contributed by atoms with van der Waals surface area (Å²) in [5.74, 6) is -5.19. The highest BCUT2D eigenvalue weighted by atomic mass is 35.5. The average Bonchev–Trinajstić information content (AvgIpc) is 2.68. The van der Waals surface area contributed by atoms with Crippen molar-refractivity contribution in [2.45, 2.75) is 33.5 Å². The average molecular weight is 491 g/mol. The molecule has 29 heavy (non-hydrogen) atoms. The summed E-state index contributed by atoms with van der Waals surface area (Å²) in [4.78, 5) is 3.28. The Bertz CT molecular complexity index is 953. The molecule has 158 valence electrons. The summed E-state index contributed by atoms with van der Waals surface area (Å²) in [6.45, 7) is 4.35. The fourth-order valence-corrected chi connectivity index (χ4v) is 2.46. The number of pyridine rings is 1. The van der Waals surface area contributed by atoms with Gasteiger partial charge in [-0.15, -0.1) is 0 Å². The molecule has 1 aromatic heterocycles. The van der Waals surface area contributed by atoms with Crippen molar-refractivity contribution in [2.24, 2.45) is 0 Å². The molecule has 0 aliphatic rings. The van der Waals surface area contributed by atoms with Gasteiger partial charge in [0.15, 0.2) is 17.3 Å². The van der Waals surface area contributed by atoms with Gasteiger partial charge in [0.1, 0.15) is 5.02 Å². The van der Waals surface area contributed by atoms with Crippen molar-refractivity contribution in [3.63, 3.8) is 0 Å². The largest absolute Gasteiger partial charge is 0.451 e. The Morgan fingerprint density at radius 3 is 2.34 bits per heavy atom. The molecule has 1 heterocycles. The van der Waals surface area contributed by atoms with Crippen molar-refractivity contribution in [2.75, 3.05) is 0 Å². The maximum Gasteiger partial charge on any atom is 0.255 e. The topological polar surface area (TPSA) is 40.6 Å². The third-order valence-corrected chi connectivity index (χ3v) is 4.95. The number of ether oxygens (including phenoxy) is 3. The van der Waals surface area contributed by atoms with Crippen LogP contribution >= 0.6 is 46.4 Å². The summed E-state index contributed by atoms with van der Waals surface area (Å²) in [7, 11) is 0. The van der Waals surface area contributed by atoms with Crippen LogP contribution in [0.15, 0.2) is 22.4 Å². The first-order valence-corrected chi connectivity index (χ1v) is 9.60. The summed E-state index contributed by atoms with van der Waals surface area (Å²) in [5.41, 5.74) is -0.319. The van der Waals surface area contributed by atoms with Gasteiger partial charge in [-0.25, -0.2) is 4.39 Å². The zero-order valence-corrected chi connectivity index (χ0v) is 18.3. The van der Waals surface area contributed by atoms with Crippen LogP contribution in [0.4, 0.5) is 13.2 Å². The van der Waals surface area contributed by atoms with Gasteiger partial charge in [-0.2, -0.15) is 13.8 Å². The maximum absolute atomic E-state index is 13.8. The van der Waals surface area contributed by atoms with E-state index in [4.69, 9.17) is 60.6 Å². The van der Waals surface area contributed by atoms with E-state index in [1.165, 1.54) is 26.0 Å². The number of allylic oxidation sites excluding steroid dienone is 1. The molecule has 0 N–H and O–H groups in total. The number of benzene rings is 1. The Kier molecular flexibility index (Phi) is 8.17. The molecule has 2 aromatic rings. The first-order valence-electron chi connectivity index (χ1n) is 8.08. The Labute approximate surface area is 185 Å². The molecule has 0 aliphatic heterocycles. The number of hydrogen-bond acceptors (Lipinski definition) is 4. The number of rotatable bonds is 7. The number of hydrogen-bond donors (Lipinski definition) is 0. The molecule has 0 spiro atoms. The summed E-state index contributed by atoms with van der Waals surface area (Å²) >= 11 is 23.9. The van der Waals surface area contributed by atoms with Crippen molar-refractivity contribution in [1.82, 2.24) is 4.98 Å². The van der Waals surface area contributed by atoms with Crippen LogP contribution in [0, 0.1) is 24.5 Å². The van der Waals surface area contributed by atoms with Gasteiger partial charge in [-0.1, -0.05) is 41.7 Å². The van der Waals surface area contributed by atoms with E-state index in [-0.39, 0.29) is 43.8 Å². The third-order valence-electron chi connectivity index (χ3n) is 3.53. The molecule has 11 heteroatoms. The van der Waals surface area contributed by atoms with Gasteiger partial charge in [0, 0.05) is 6.42 Å². The highest BCUT2D eigenvalue weighted by Crippen LogP contribution is 2.42. The molecule has 1 atom stereocenters. The van der Waals surface area contributed by atoms with Gasteiger partial charge < -0.3 is 14.2 Å². The van der Waals surface area contributed by atoms with Crippen LogP contribution in [0.2, 0.25) is 10.0 Å². The predicted octanol–water partition coefficient (Wildman–Crippen LogP) is 7.35. The zero-order valence-electron chi connectivity index (χ0n) is 15.3. The smallest absolute Gasteiger partial charge is 0.255 e. The van der Waals surface area contributed by atoms with Crippen molar-refractivity contribution in [3.05, 3.63) is 55.6 Å². The van der Waals surface area contributed by atoms with E-state index >= 15 is 0 Å². The minimum Gasteiger partial charge on any atom is -0.451 e. The second-order valence-electron chi connectivity index (χ2n) is 5.63. The van der Waals surface area contributed by atoms with Crippen molar-refractivity contribution in [1.29, 1.82) is 0 Å². The summed E-state index contributed by atoms with van der Waals surface area (Å²) < 4.78 is 57.0. The number of halogens is 7. The Hall–Kier alpha value is -1.54. The van der Waals surface area contributed by atoms with E-state index in [9.17, 15) is 13.2 Å². The van der Waals surface area contributed by atoms with Gasteiger partial charge in [0.25, 0.3) is 5.95 Å². The molecule has 0 saturated carbocycles. The Balaban J connectivity index is 2.37. The summed E-state index contributed by atoms with van der Waals surface area (Å²) in [5, 5.41) is 0.118. The molecule has 4 nitrogen and oxygen atoms in total. The Morgan fingerprint density at radius 2 is 1.76 bits per heavy atom. The molecule has 0 bridgehead atoms. The molecule has 1 unspecified atom stereocenters. The van der Waals surface area contributed by atoms with Gasteiger partial charge in [-0.05, 0) is 37.6 Å². The number of aromatic nitrogens is 1. The molecule has 0 radical (unpaired) electrons. The van der Waals surface area contributed by atoms with Gasteiger partial charge in [0.2, 0.25) is 23.2 Å². The minimum absolute atomic E-state index is 0.0109. The minimum atomic E-state index is -1.69. The van der Waals surface area contributed by atoms with Crippen LogP contribution in [0.25, 0.3) is 0 Å². The van der Waals surface area contributed by atoms with E-state index in [1.807, 2.05) is 0 Å². The van der Waals surface area contributed by atoms with Crippen molar-refractivity contribution < 1.29 is 27.4 Å². The van der Waals surface area contributed by atoms with Crippen LogP contribution in [0.5, 0.6) is 17.4 Å². The van der Waals surface area contributed by atoms with Crippen LogP contribution < -0.4 is 14.2 Å². The lowest BCUT2D eigenvalue weighted by Gasteiger charge is -2.22. The third kappa shape index (κ3) is 5.54. The van der Waals surface area contributed by atoms with E-state index in [2.05, 4.69) is 4.98 Å². The van der Waals surface area contributed by atoms with Crippen LogP contribution in [-0.4, -0.2) is 11.3 Å². The molecule has 0 amide bonds. The van der Waals surface area contributed by atoms with Crippen molar-refractivity contribution >= 4 is 46.4 Å². The summed E-state index contributed by atoms with van der Waals surface area (Å²) in [6.07, 6.45) is -0.885. The Morgan fingerprint density at radius 1 is 1.10 bits per heavy atom. The summed E-state index contributed by atoms with van der Waals surface area (Å²) in [6, 6.07) is 2.86. The van der Waals surface area contributed by atoms with Gasteiger partial charge in [-0.3, -0.25) is 0 Å². The van der Waals surface area contributed by atoms with E-state index in [0.717, 1.165) is 0 Å². The van der Waals surface area contributed by atoms with E-state index in [1.54, 1.807) is 6.92 Å². The zero-order chi connectivity index (χ0) is 21.9. The molecule has 2 rings (SSSR count). The van der Waals surface area contributed by atoms with Gasteiger partial charge >= 0.3 is 0 Å². The quantitative estimate of drug-likeness (QED) is 0.231. The molecule has 0 fully saturated rings. The lowest BCUT2D eigenvalue weighted by Crippen LogP contribution is -2.24. The fraction of sp³-hybridized carbons (Fsp3) is 0.278. The fourth-order valence-electron chi connectivity index (χ4n) is 2.00. The predicted molar refractivity (Wildman–Crippen MR) is 106 cm³/mol. The van der Waals surface area contributed by atoms with E-state index in [0.29, 0.717) is 0 Å². The van der Waals surface area contributed by atoms with Crippen LogP contribution in [-0.2, 0) is 0 Å². The second kappa shape index (κ2) is 9.98. The molecule has 1 aromatic carbocycles. The molecular formula is C18H14Cl4F3NO3. The maximum atomic E-state index is 13.8.